The number of ether oxygens (including phenoxy) is 2. The van der Waals surface area contributed by atoms with Gasteiger partial charge >= 0.3 is 6.09 Å². The largest absolute Gasteiger partial charge is 0.488 e. The molecule has 0 saturated heterocycles. The first kappa shape index (κ1) is 45.3. The molecule has 2 aliphatic rings. The fraction of sp³-hybridized carbons (Fsp3) is 0.365. The van der Waals surface area contributed by atoms with E-state index in [1.165, 1.54) is 0 Å². The van der Waals surface area contributed by atoms with Gasteiger partial charge in [-0.3, -0.25) is 19.2 Å². The van der Waals surface area contributed by atoms with Gasteiger partial charge in [0.05, 0.1) is 6.42 Å². The van der Waals surface area contributed by atoms with Crippen LogP contribution >= 0.6 is 0 Å². The molecule has 5 aromatic rings. The van der Waals surface area contributed by atoms with Gasteiger partial charge in [-0.1, -0.05) is 122 Å². The van der Waals surface area contributed by atoms with Crippen LogP contribution in [0.1, 0.15) is 93.9 Å². The predicted molar refractivity (Wildman–Crippen MR) is 247 cm³/mol. The maximum Gasteiger partial charge on any atom is 0.407 e. The lowest BCUT2D eigenvalue weighted by atomic mass is 9.80. The highest BCUT2D eigenvalue weighted by molar-refractivity contribution is 5.98. The molecule has 0 spiro atoms. The molecule has 5 amide bonds. The molecule has 0 aromatic heterocycles. The molecule has 7 rings (SSSR count). The molecule has 64 heavy (non-hydrogen) atoms. The van der Waals surface area contributed by atoms with Crippen LogP contribution in [0.5, 0.6) is 5.75 Å². The predicted octanol–water partition coefficient (Wildman–Crippen LogP) is 7.40. The Morgan fingerprint density at radius 1 is 0.734 bits per heavy atom. The first-order valence-electron chi connectivity index (χ1n) is 22.3. The lowest BCUT2D eigenvalue weighted by Crippen LogP contribution is -2.65. The van der Waals surface area contributed by atoms with Crippen LogP contribution in [0.4, 0.5) is 4.79 Å². The fourth-order valence-electron chi connectivity index (χ4n) is 8.99. The van der Waals surface area contributed by atoms with Gasteiger partial charge < -0.3 is 36.5 Å². The van der Waals surface area contributed by atoms with Gasteiger partial charge in [0.25, 0.3) is 0 Å². The number of aryl methyl sites for hydroxylation is 1. The second-order valence-corrected chi connectivity index (χ2v) is 17.9. The normalized spacial score (nSPS) is 15.2. The molecule has 2 aliphatic carbocycles. The van der Waals surface area contributed by atoms with Gasteiger partial charge in [0.15, 0.2) is 0 Å². The molecule has 334 valence electrons. The molecule has 6 N–H and O–H groups in total. The smallest absolute Gasteiger partial charge is 0.407 e. The van der Waals surface area contributed by atoms with Crippen molar-refractivity contribution in [2.45, 2.75) is 108 Å². The second-order valence-electron chi connectivity index (χ2n) is 17.9. The number of benzene rings is 5. The lowest BCUT2D eigenvalue weighted by Gasteiger charge is -2.38. The van der Waals surface area contributed by atoms with E-state index in [4.69, 9.17) is 15.2 Å². The average Bonchev–Trinajstić information content (AvgIpc) is 3.60. The van der Waals surface area contributed by atoms with Gasteiger partial charge in [0, 0.05) is 18.9 Å². The van der Waals surface area contributed by atoms with E-state index < -0.39 is 59.4 Å². The molecule has 12 heteroatoms. The molecule has 0 radical (unpaired) electrons. The lowest BCUT2D eigenvalue weighted by molar-refractivity contribution is -0.138. The third-order valence-electron chi connectivity index (χ3n) is 12.1. The Hall–Kier alpha value is -6.69. The van der Waals surface area contributed by atoms with Crippen LogP contribution in [0, 0.1) is 0 Å². The molecule has 1 saturated carbocycles. The highest BCUT2D eigenvalue weighted by Crippen LogP contribution is 2.44. The highest BCUT2D eigenvalue weighted by Gasteiger charge is 2.44. The Labute approximate surface area is 375 Å². The van der Waals surface area contributed by atoms with E-state index in [0.29, 0.717) is 38.0 Å². The van der Waals surface area contributed by atoms with Crippen LogP contribution in [-0.4, -0.2) is 66.1 Å². The number of amides is 5. The zero-order chi connectivity index (χ0) is 45.3. The van der Waals surface area contributed by atoms with Crippen LogP contribution in [0.15, 0.2) is 115 Å². The minimum Gasteiger partial charge on any atom is -0.488 e. The topological polar surface area (TPSA) is 178 Å². The number of rotatable bonds is 17. The Kier molecular flexibility index (Phi) is 14.3. The minimum atomic E-state index is -1.43. The summed E-state index contributed by atoms with van der Waals surface area (Å²) in [6.07, 6.45) is 2.90. The number of primary amides is 1. The summed E-state index contributed by atoms with van der Waals surface area (Å²) < 4.78 is 11.9. The Morgan fingerprint density at radius 2 is 1.38 bits per heavy atom. The quantitative estimate of drug-likeness (QED) is 0.0605. The monoisotopic (exact) mass is 865 g/mol. The molecule has 0 bridgehead atoms. The molecular weight excluding hydrogens is 807 g/mol. The molecule has 0 aliphatic heterocycles. The van der Waals surface area contributed by atoms with Gasteiger partial charge in [-0.15, -0.1) is 0 Å². The maximum absolute atomic E-state index is 14.5. The molecule has 0 unspecified atom stereocenters. The maximum atomic E-state index is 14.5. The fourth-order valence-corrected chi connectivity index (χ4v) is 8.99. The summed E-state index contributed by atoms with van der Waals surface area (Å²) in [5, 5.41) is 13.8. The summed E-state index contributed by atoms with van der Waals surface area (Å²) in [5.74, 6) is -2.03. The van der Waals surface area contributed by atoms with E-state index in [1.54, 1.807) is 0 Å². The van der Waals surface area contributed by atoms with Crippen molar-refractivity contribution in [3.05, 3.63) is 138 Å². The van der Waals surface area contributed by atoms with E-state index in [2.05, 4.69) is 57.7 Å². The van der Waals surface area contributed by atoms with Crippen LogP contribution in [-0.2, 0) is 36.8 Å². The summed E-state index contributed by atoms with van der Waals surface area (Å²) in [7, 11) is 0. The summed E-state index contributed by atoms with van der Waals surface area (Å²) in [6, 6.07) is 35.2. The third kappa shape index (κ3) is 11.3. The number of carbonyl (C=O) groups excluding carboxylic acids is 5. The van der Waals surface area contributed by atoms with Crippen molar-refractivity contribution in [1.82, 2.24) is 21.3 Å². The van der Waals surface area contributed by atoms with Crippen molar-refractivity contribution in [1.29, 1.82) is 0 Å². The molecule has 1 fully saturated rings. The molecule has 5 aromatic carbocycles. The zero-order valence-electron chi connectivity index (χ0n) is 36.9. The summed E-state index contributed by atoms with van der Waals surface area (Å²) in [6.45, 7) is 6.21. The van der Waals surface area contributed by atoms with Crippen molar-refractivity contribution in [3.63, 3.8) is 0 Å². The molecular formula is C52H59N5O7. The summed E-state index contributed by atoms with van der Waals surface area (Å²) in [4.78, 5) is 68.5. The Bertz CT molecular complexity index is 2420. The van der Waals surface area contributed by atoms with Gasteiger partial charge in [-0.05, 0) is 103 Å². The third-order valence-corrected chi connectivity index (χ3v) is 12.1. The number of nitrogens with two attached hydrogens (primary N) is 1. The number of nitrogens with one attached hydrogen (secondary N) is 4. The van der Waals surface area contributed by atoms with E-state index in [0.717, 1.165) is 50.6 Å². The van der Waals surface area contributed by atoms with E-state index in [1.807, 2.05) is 99.6 Å². The van der Waals surface area contributed by atoms with Gasteiger partial charge in [0.1, 0.15) is 35.6 Å². The van der Waals surface area contributed by atoms with Gasteiger partial charge in [-0.2, -0.15) is 0 Å². The Balaban J connectivity index is 1.05. The SMILES string of the molecule is CC(C)(C)Oc1ccc(C[C@H](NC(=O)OCC2c3ccccc3-c3ccccc32)C(=O)NC2(C(=O)N[C@@H](CC(N)=O)C(=O)NCCCc3cccc4ccccc34)CCCCC2)cc1. The first-order chi connectivity index (χ1) is 30.8. The molecule has 2 atom stereocenters. The number of carbonyl (C=O) groups is 5. The standard InChI is InChI=1S/C52H59N5O7/c1-51(2,3)64-37-26-24-34(25-27-37)31-44(56-50(62)63-33-43-41-22-9-7-20-39(41)40-21-8-10-23-42(40)43)48(60)57-52(28-11-4-12-29-52)49(61)55-45(32-46(53)58)47(59)54-30-14-18-36-17-13-16-35-15-5-6-19-38(35)36/h5-10,13,15-17,19-27,43-45H,4,11-12,14,18,28-33H2,1-3H3,(H2,53,58)(H,54,59)(H,55,61)(H,56,62)(H,57,60)/t44-,45-/m0/s1. The second kappa shape index (κ2) is 20.2. The number of hydrogen-bond donors (Lipinski definition) is 5. The van der Waals surface area contributed by atoms with Crippen LogP contribution in [0.25, 0.3) is 21.9 Å². The minimum absolute atomic E-state index is 0.0475. The van der Waals surface area contributed by atoms with Gasteiger partial charge in [-0.25, -0.2) is 4.79 Å². The number of alkyl carbamates (subject to hydrolysis) is 1. The van der Waals surface area contributed by atoms with Crippen molar-refractivity contribution >= 4 is 40.5 Å². The van der Waals surface area contributed by atoms with Crippen molar-refractivity contribution in [2.75, 3.05) is 13.2 Å². The van der Waals surface area contributed by atoms with Crippen molar-refractivity contribution in [3.8, 4) is 16.9 Å². The summed E-state index contributed by atoms with van der Waals surface area (Å²) in [5.41, 5.74) is 9.93. The van der Waals surface area contributed by atoms with Crippen molar-refractivity contribution < 1.29 is 33.4 Å². The number of hydrogen-bond acceptors (Lipinski definition) is 7. The van der Waals surface area contributed by atoms with Crippen LogP contribution < -0.4 is 31.7 Å². The first-order valence-corrected chi connectivity index (χ1v) is 22.3. The van der Waals surface area contributed by atoms with E-state index in [9.17, 15) is 24.0 Å². The van der Waals surface area contributed by atoms with Crippen molar-refractivity contribution in [2.24, 2.45) is 5.73 Å². The van der Waals surface area contributed by atoms with Crippen LogP contribution in [0.2, 0.25) is 0 Å². The molecule has 0 heterocycles. The van der Waals surface area contributed by atoms with E-state index >= 15 is 0 Å². The zero-order valence-corrected chi connectivity index (χ0v) is 36.9. The molecule has 12 nitrogen and oxygen atoms in total. The van der Waals surface area contributed by atoms with Crippen LogP contribution in [0.3, 0.4) is 0 Å². The highest BCUT2D eigenvalue weighted by atomic mass is 16.5. The van der Waals surface area contributed by atoms with Gasteiger partial charge in [0.2, 0.25) is 23.6 Å². The Morgan fingerprint density at radius 3 is 2.05 bits per heavy atom. The number of fused-ring (bicyclic) bond motifs is 4. The van der Waals surface area contributed by atoms with E-state index in [-0.39, 0.29) is 31.8 Å². The summed E-state index contributed by atoms with van der Waals surface area (Å²) >= 11 is 0. The average molecular weight is 866 g/mol.